The molecule has 0 unspecified atom stereocenters. The number of rotatable bonds is 2. The van der Waals surface area contributed by atoms with Gasteiger partial charge in [-0.15, -0.1) is 0 Å². The van der Waals surface area contributed by atoms with E-state index in [0.29, 0.717) is 17.7 Å². The van der Waals surface area contributed by atoms with E-state index in [1.165, 1.54) is 0 Å². The van der Waals surface area contributed by atoms with Crippen molar-refractivity contribution in [2.75, 3.05) is 13.6 Å². The Bertz CT molecular complexity index is 338. The quantitative estimate of drug-likeness (QED) is 0.718. The van der Waals surface area contributed by atoms with Crippen molar-refractivity contribution in [1.82, 2.24) is 4.90 Å². The van der Waals surface area contributed by atoms with Crippen molar-refractivity contribution >= 4 is 5.91 Å². The summed E-state index contributed by atoms with van der Waals surface area (Å²) in [7, 11) is 1.11. The van der Waals surface area contributed by atoms with Crippen molar-refractivity contribution in [3.05, 3.63) is 0 Å². The van der Waals surface area contributed by atoms with E-state index in [4.69, 9.17) is 0 Å². The molecule has 0 atom stereocenters. The number of halogens is 3. The maximum absolute atomic E-state index is 12.3. The summed E-state index contributed by atoms with van der Waals surface area (Å²) < 4.78 is 36.8. The van der Waals surface area contributed by atoms with Gasteiger partial charge in [-0.25, -0.2) is 0 Å². The fourth-order valence-corrected chi connectivity index (χ4v) is 2.41. The molecule has 1 fully saturated rings. The number of carbonyl (C=O) groups is 1. The topological polar surface area (TPSA) is 44.1 Å². The second-order valence-corrected chi connectivity index (χ2v) is 4.88. The van der Waals surface area contributed by atoms with Crippen molar-refractivity contribution in [1.29, 1.82) is 5.26 Å². The average Bonchev–Trinajstić information content (AvgIpc) is 2.51. The minimum atomic E-state index is -4.42. The van der Waals surface area contributed by atoms with Crippen LogP contribution in [0.1, 0.15) is 38.5 Å². The normalized spacial score (nSPS) is 19.7. The SMILES string of the molecule is CN(CC(F)(F)F)C(=O)C1(C#N)CCCCCC1. The van der Waals surface area contributed by atoms with Crippen LogP contribution in [0, 0.1) is 16.7 Å². The standard InChI is InChI=1S/C12H17F3N2O/c1-17(9-12(13,14)15)10(18)11(8-16)6-4-2-3-5-7-11/h2-7,9H2,1H3. The van der Waals surface area contributed by atoms with Crippen molar-refractivity contribution < 1.29 is 18.0 Å². The van der Waals surface area contributed by atoms with Gasteiger partial charge in [0, 0.05) is 7.05 Å². The third-order valence-electron chi connectivity index (χ3n) is 3.34. The van der Waals surface area contributed by atoms with Crippen LogP contribution in [0.4, 0.5) is 13.2 Å². The average molecular weight is 262 g/mol. The second kappa shape index (κ2) is 5.59. The number of hydrogen-bond acceptors (Lipinski definition) is 2. The number of hydrogen-bond donors (Lipinski definition) is 0. The van der Waals surface area contributed by atoms with E-state index in [1.807, 2.05) is 6.07 Å². The van der Waals surface area contributed by atoms with E-state index >= 15 is 0 Å². The summed E-state index contributed by atoms with van der Waals surface area (Å²) in [6, 6.07) is 1.97. The summed E-state index contributed by atoms with van der Waals surface area (Å²) in [5.74, 6) is -0.691. The van der Waals surface area contributed by atoms with Crippen LogP contribution in [-0.2, 0) is 4.79 Å². The number of nitriles is 1. The molecule has 1 rings (SSSR count). The predicted molar refractivity (Wildman–Crippen MR) is 59.4 cm³/mol. The monoisotopic (exact) mass is 262 g/mol. The van der Waals surface area contributed by atoms with Crippen molar-refractivity contribution in [2.24, 2.45) is 5.41 Å². The smallest absolute Gasteiger partial charge is 0.335 e. The predicted octanol–water partition coefficient (Wildman–Crippen LogP) is 2.87. The zero-order chi connectivity index (χ0) is 13.8. The van der Waals surface area contributed by atoms with Gasteiger partial charge in [0.2, 0.25) is 5.91 Å². The molecule has 6 heteroatoms. The highest BCUT2D eigenvalue weighted by Crippen LogP contribution is 2.36. The Labute approximate surface area is 105 Å². The van der Waals surface area contributed by atoms with E-state index < -0.39 is 24.0 Å². The Hall–Kier alpha value is -1.25. The van der Waals surface area contributed by atoms with Gasteiger partial charge in [-0.2, -0.15) is 18.4 Å². The van der Waals surface area contributed by atoms with Gasteiger partial charge in [-0.3, -0.25) is 4.79 Å². The second-order valence-electron chi connectivity index (χ2n) is 4.88. The maximum atomic E-state index is 12.3. The largest absolute Gasteiger partial charge is 0.406 e. The van der Waals surface area contributed by atoms with Gasteiger partial charge in [0.05, 0.1) is 6.07 Å². The first-order chi connectivity index (χ1) is 8.31. The summed E-state index contributed by atoms with van der Waals surface area (Å²) in [6.07, 6.45) is -0.390. The molecule has 0 spiro atoms. The van der Waals surface area contributed by atoms with Crippen LogP contribution in [0.3, 0.4) is 0 Å². The molecule has 0 N–H and O–H groups in total. The van der Waals surface area contributed by atoms with Crippen molar-refractivity contribution in [2.45, 2.75) is 44.7 Å². The third-order valence-corrected chi connectivity index (χ3v) is 3.34. The summed E-state index contributed by atoms with van der Waals surface area (Å²) in [5, 5.41) is 9.21. The van der Waals surface area contributed by atoms with Crippen LogP contribution in [-0.4, -0.2) is 30.6 Å². The highest BCUT2D eigenvalue weighted by molar-refractivity contribution is 5.85. The van der Waals surface area contributed by atoms with Gasteiger partial charge in [0.15, 0.2) is 0 Å². The molecule has 0 bridgehead atoms. The molecule has 0 aliphatic heterocycles. The molecule has 18 heavy (non-hydrogen) atoms. The van der Waals surface area contributed by atoms with E-state index in [1.54, 1.807) is 0 Å². The van der Waals surface area contributed by atoms with Crippen LogP contribution < -0.4 is 0 Å². The fourth-order valence-electron chi connectivity index (χ4n) is 2.41. The molecule has 1 saturated carbocycles. The summed E-state index contributed by atoms with van der Waals surface area (Å²) in [4.78, 5) is 12.7. The summed E-state index contributed by atoms with van der Waals surface area (Å²) >= 11 is 0. The van der Waals surface area contributed by atoms with Crippen LogP contribution in [0.5, 0.6) is 0 Å². The molecule has 1 aliphatic rings. The maximum Gasteiger partial charge on any atom is 0.406 e. The Morgan fingerprint density at radius 3 is 2.17 bits per heavy atom. The van der Waals surface area contributed by atoms with Gasteiger partial charge < -0.3 is 4.90 Å². The number of alkyl halides is 3. The molecular weight excluding hydrogens is 245 g/mol. The molecular formula is C12H17F3N2O. The van der Waals surface area contributed by atoms with Gasteiger partial charge in [-0.1, -0.05) is 25.7 Å². The van der Waals surface area contributed by atoms with Crippen molar-refractivity contribution in [3.8, 4) is 6.07 Å². The number of carbonyl (C=O) groups excluding carboxylic acids is 1. The van der Waals surface area contributed by atoms with Crippen LogP contribution >= 0.6 is 0 Å². The fraction of sp³-hybridized carbons (Fsp3) is 0.833. The molecule has 102 valence electrons. The zero-order valence-electron chi connectivity index (χ0n) is 10.4. The lowest BCUT2D eigenvalue weighted by Gasteiger charge is -2.29. The third kappa shape index (κ3) is 3.62. The lowest BCUT2D eigenvalue weighted by atomic mass is 9.80. The Kier molecular flexibility index (Phi) is 4.60. The van der Waals surface area contributed by atoms with Gasteiger partial charge in [-0.05, 0) is 12.8 Å². The van der Waals surface area contributed by atoms with Crippen LogP contribution in [0.25, 0.3) is 0 Å². The van der Waals surface area contributed by atoms with Crippen LogP contribution in [0.2, 0.25) is 0 Å². The molecule has 0 radical (unpaired) electrons. The van der Waals surface area contributed by atoms with Gasteiger partial charge >= 0.3 is 6.18 Å². The first-order valence-corrected chi connectivity index (χ1v) is 6.04. The minimum Gasteiger partial charge on any atom is -0.335 e. The van der Waals surface area contributed by atoms with Gasteiger partial charge in [0.25, 0.3) is 0 Å². The Morgan fingerprint density at radius 2 is 1.78 bits per heavy atom. The Morgan fingerprint density at radius 1 is 1.28 bits per heavy atom. The molecule has 0 aromatic rings. The lowest BCUT2D eigenvalue weighted by Crippen LogP contribution is -2.44. The van der Waals surface area contributed by atoms with E-state index in [-0.39, 0.29) is 0 Å². The first-order valence-electron chi connectivity index (χ1n) is 6.04. The lowest BCUT2D eigenvalue weighted by molar-refractivity contribution is -0.163. The molecule has 1 aliphatic carbocycles. The first kappa shape index (κ1) is 14.8. The number of nitrogens with zero attached hydrogens (tertiary/aromatic N) is 2. The molecule has 0 aromatic heterocycles. The van der Waals surface area contributed by atoms with Gasteiger partial charge in [0.1, 0.15) is 12.0 Å². The van der Waals surface area contributed by atoms with E-state index in [9.17, 15) is 23.2 Å². The molecule has 0 aromatic carbocycles. The molecule has 0 heterocycles. The summed E-state index contributed by atoms with van der Waals surface area (Å²) in [6.45, 7) is -1.30. The molecule has 0 saturated heterocycles. The highest BCUT2D eigenvalue weighted by atomic mass is 19.4. The van der Waals surface area contributed by atoms with E-state index in [0.717, 1.165) is 32.7 Å². The Balaban J connectivity index is 2.81. The molecule has 1 amide bonds. The minimum absolute atomic E-state index is 0.366. The highest BCUT2D eigenvalue weighted by Gasteiger charge is 2.43. The number of amides is 1. The summed E-state index contributed by atoms with van der Waals surface area (Å²) in [5.41, 5.74) is -1.25. The van der Waals surface area contributed by atoms with E-state index in [2.05, 4.69) is 0 Å². The van der Waals surface area contributed by atoms with Crippen LogP contribution in [0.15, 0.2) is 0 Å². The molecule has 3 nitrogen and oxygen atoms in total. The van der Waals surface area contributed by atoms with Crippen molar-refractivity contribution in [3.63, 3.8) is 0 Å². The zero-order valence-corrected chi connectivity index (χ0v) is 10.4.